The molecular weight excluding hydrogens is 446 g/mol. The fourth-order valence-electron chi connectivity index (χ4n) is 4.63. The van der Waals surface area contributed by atoms with E-state index in [2.05, 4.69) is 35.6 Å². The second kappa shape index (κ2) is 12.1. The van der Waals surface area contributed by atoms with Crippen molar-refractivity contribution in [1.29, 1.82) is 0 Å². The third kappa shape index (κ3) is 6.50. The Balaban J connectivity index is 1.60. The predicted molar refractivity (Wildman–Crippen MR) is 130 cm³/mol. The Hall–Kier alpha value is -1.54. The van der Waals surface area contributed by atoms with Crippen LogP contribution in [0.25, 0.3) is 0 Å². The third-order valence-corrected chi connectivity index (χ3v) is 7.29. The van der Waals surface area contributed by atoms with Gasteiger partial charge in [-0.05, 0) is 32.6 Å². The molecule has 0 N–H and O–H groups in total. The van der Waals surface area contributed by atoms with Crippen molar-refractivity contribution in [2.24, 2.45) is 5.92 Å². The zero-order valence-electron chi connectivity index (χ0n) is 19.6. The van der Waals surface area contributed by atoms with Gasteiger partial charge in [0.15, 0.2) is 5.16 Å². The van der Waals surface area contributed by atoms with Gasteiger partial charge in [-0.2, -0.15) is 0 Å². The molecule has 2 heterocycles. The monoisotopic (exact) mass is 481 g/mol. The van der Waals surface area contributed by atoms with Gasteiger partial charge in [-0.25, -0.2) is 9.97 Å². The summed E-state index contributed by atoms with van der Waals surface area (Å²) in [5.74, 6) is 1.70. The van der Waals surface area contributed by atoms with Crippen LogP contribution in [0.4, 0.5) is 5.82 Å². The van der Waals surface area contributed by atoms with Gasteiger partial charge in [0.1, 0.15) is 11.0 Å². The number of amides is 2. The van der Waals surface area contributed by atoms with Gasteiger partial charge >= 0.3 is 0 Å². The SMILES string of the molecule is CCCN(CCC)C(=O)CSc1nc(Cl)cc(N2CCN(C(=O)C3CCCC3)C(C)C2)n1. The summed E-state index contributed by atoms with van der Waals surface area (Å²) >= 11 is 7.63. The molecule has 2 aliphatic rings. The van der Waals surface area contributed by atoms with Crippen LogP contribution >= 0.6 is 23.4 Å². The number of halogens is 1. The number of carbonyl (C=O) groups excluding carboxylic acids is 2. The van der Waals surface area contributed by atoms with Crippen molar-refractivity contribution in [2.45, 2.75) is 70.5 Å². The first-order chi connectivity index (χ1) is 15.4. The fraction of sp³-hybridized carbons (Fsp3) is 0.739. The van der Waals surface area contributed by atoms with Crippen LogP contribution in [0.3, 0.4) is 0 Å². The number of anilines is 1. The highest BCUT2D eigenvalue weighted by Crippen LogP contribution is 2.29. The van der Waals surface area contributed by atoms with Crippen molar-refractivity contribution < 1.29 is 9.59 Å². The van der Waals surface area contributed by atoms with E-state index in [1.807, 2.05) is 9.80 Å². The number of thioether (sulfide) groups is 1. The van der Waals surface area contributed by atoms with Gasteiger partial charge in [-0.3, -0.25) is 9.59 Å². The summed E-state index contributed by atoms with van der Waals surface area (Å²) in [5.41, 5.74) is 0. The Morgan fingerprint density at radius 3 is 2.47 bits per heavy atom. The van der Waals surface area contributed by atoms with Crippen LogP contribution in [-0.2, 0) is 9.59 Å². The molecule has 1 aliphatic carbocycles. The largest absolute Gasteiger partial charge is 0.353 e. The molecule has 1 aliphatic heterocycles. The van der Waals surface area contributed by atoms with Crippen molar-refractivity contribution in [3.8, 4) is 0 Å². The summed E-state index contributed by atoms with van der Waals surface area (Å²) in [6.45, 7) is 9.95. The van der Waals surface area contributed by atoms with Crippen LogP contribution in [0.2, 0.25) is 5.15 Å². The van der Waals surface area contributed by atoms with E-state index in [0.29, 0.717) is 28.5 Å². The summed E-state index contributed by atoms with van der Waals surface area (Å²) in [5, 5.41) is 0.895. The lowest BCUT2D eigenvalue weighted by Gasteiger charge is -2.41. The topological polar surface area (TPSA) is 69.6 Å². The number of piperazine rings is 1. The van der Waals surface area contributed by atoms with Crippen LogP contribution in [0, 0.1) is 5.92 Å². The van der Waals surface area contributed by atoms with Crippen LogP contribution in [-0.4, -0.2) is 76.1 Å². The molecule has 0 spiro atoms. The standard InChI is InChI=1S/C23H36ClN5O2S/c1-4-10-27(11-5-2)21(30)16-32-23-25-19(24)14-20(26-23)28-12-13-29(17(3)15-28)22(31)18-8-6-7-9-18/h14,17-18H,4-13,15-16H2,1-3H3. The van der Waals surface area contributed by atoms with Crippen LogP contribution in [0.15, 0.2) is 11.2 Å². The molecule has 1 unspecified atom stereocenters. The Morgan fingerprint density at radius 2 is 1.84 bits per heavy atom. The molecule has 9 heteroatoms. The van der Waals surface area contributed by atoms with E-state index in [-0.39, 0.29) is 17.9 Å². The molecule has 0 aromatic carbocycles. The lowest BCUT2D eigenvalue weighted by Crippen LogP contribution is -2.55. The summed E-state index contributed by atoms with van der Waals surface area (Å²) in [6.07, 6.45) is 6.29. The van der Waals surface area contributed by atoms with Gasteiger partial charge in [-0.1, -0.05) is 50.1 Å². The molecule has 1 aromatic rings. The van der Waals surface area contributed by atoms with Crippen molar-refractivity contribution in [1.82, 2.24) is 19.8 Å². The zero-order valence-corrected chi connectivity index (χ0v) is 21.1. The fourth-order valence-corrected chi connectivity index (χ4v) is 5.61. The van der Waals surface area contributed by atoms with Crippen LogP contribution < -0.4 is 4.90 Å². The maximum atomic E-state index is 12.9. The first-order valence-corrected chi connectivity index (χ1v) is 13.3. The summed E-state index contributed by atoms with van der Waals surface area (Å²) < 4.78 is 0. The highest BCUT2D eigenvalue weighted by Gasteiger charge is 2.33. The van der Waals surface area contributed by atoms with Crippen LogP contribution in [0.1, 0.15) is 59.3 Å². The van der Waals surface area contributed by atoms with Crippen molar-refractivity contribution in [3.05, 3.63) is 11.2 Å². The van der Waals surface area contributed by atoms with Gasteiger partial charge in [0, 0.05) is 50.7 Å². The molecule has 2 fully saturated rings. The van der Waals surface area contributed by atoms with Crippen molar-refractivity contribution >= 4 is 41.0 Å². The molecule has 1 atom stereocenters. The number of hydrogen-bond donors (Lipinski definition) is 0. The van der Waals surface area contributed by atoms with Crippen molar-refractivity contribution in [3.63, 3.8) is 0 Å². The second-order valence-electron chi connectivity index (χ2n) is 8.81. The summed E-state index contributed by atoms with van der Waals surface area (Å²) in [7, 11) is 0. The van der Waals surface area contributed by atoms with Gasteiger partial charge < -0.3 is 14.7 Å². The van der Waals surface area contributed by atoms with Gasteiger partial charge in [-0.15, -0.1) is 0 Å². The second-order valence-corrected chi connectivity index (χ2v) is 10.1. The average Bonchev–Trinajstić information content (AvgIpc) is 3.31. The number of rotatable bonds is 9. The quantitative estimate of drug-likeness (QED) is 0.300. The van der Waals surface area contributed by atoms with Gasteiger partial charge in [0.25, 0.3) is 0 Å². The number of nitrogens with zero attached hydrogens (tertiary/aromatic N) is 5. The molecule has 1 saturated carbocycles. The molecule has 0 radical (unpaired) electrons. The molecule has 32 heavy (non-hydrogen) atoms. The minimum absolute atomic E-state index is 0.108. The molecular formula is C23H36ClN5O2S. The summed E-state index contributed by atoms with van der Waals surface area (Å²) in [4.78, 5) is 40.6. The Labute approximate surface area is 201 Å². The third-order valence-electron chi connectivity index (χ3n) is 6.26. The first kappa shape index (κ1) is 25.1. The van der Waals surface area contributed by atoms with E-state index in [1.165, 1.54) is 24.6 Å². The Bertz CT molecular complexity index is 784. The van der Waals surface area contributed by atoms with E-state index in [9.17, 15) is 9.59 Å². The Morgan fingerprint density at radius 1 is 1.16 bits per heavy atom. The molecule has 1 aromatic heterocycles. The molecule has 1 saturated heterocycles. The number of aromatic nitrogens is 2. The highest BCUT2D eigenvalue weighted by molar-refractivity contribution is 7.99. The molecule has 0 bridgehead atoms. The smallest absolute Gasteiger partial charge is 0.233 e. The Kier molecular flexibility index (Phi) is 9.46. The maximum Gasteiger partial charge on any atom is 0.233 e. The predicted octanol–water partition coefficient (Wildman–Crippen LogP) is 4.10. The zero-order chi connectivity index (χ0) is 23.1. The van der Waals surface area contributed by atoms with Crippen molar-refractivity contribution in [2.75, 3.05) is 43.4 Å². The minimum atomic E-state index is 0.108. The molecule has 178 valence electrons. The number of hydrogen-bond acceptors (Lipinski definition) is 6. The lowest BCUT2D eigenvalue weighted by atomic mass is 10.0. The van der Waals surface area contributed by atoms with Gasteiger partial charge in [0.2, 0.25) is 11.8 Å². The molecule has 3 rings (SSSR count). The number of carbonyl (C=O) groups is 2. The van der Waals surface area contributed by atoms with Crippen LogP contribution in [0.5, 0.6) is 0 Å². The minimum Gasteiger partial charge on any atom is -0.353 e. The van der Waals surface area contributed by atoms with E-state index in [1.54, 1.807) is 6.07 Å². The highest BCUT2D eigenvalue weighted by atomic mass is 35.5. The van der Waals surface area contributed by atoms with Gasteiger partial charge in [0.05, 0.1) is 5.75 Å². The maximum absolute atomic E-state index is 12.9. The summed E-state index contributed by atoms with van der Waals surface area (Å²) in [6, 6.07) is 1.90. The molecule has 2 amide bonds. The first-order valence-electron chi connectivity index (χ1n) is 11.9. The lowest BCUT2D eigenvalue weighted by molar-refractivity contribution is -0.137. The molecule has 7 nitrogen and oxygen atoms in total. The normalized spacial score (nSPS) is 19.4. The van der Waals surface area contributed by atoms with E-state index in [0.717, 1.165) is 57.7 Å². The average molecular weight is 482 g/mol. The van der Waals surface area contributed by atoms with E-state index < -0.39 is 0 Å². The van der Waals surface area contributed by atoms with E-state index in [4.69, 9.17) is 11.6 Å². The van der Waals surface area contributed by atoms with E-state index >= 15 is 0 Å².